The lowest BCUT2D eigenvalue weighted by Crippen LogP contribution is -2.57. The van der Waals surface area contributed by atoms with Gasteiger partial charge in [-0.2, -0.15) is 35.5 Å². The molecular formula is C24H29F4N5O5S. The van der Waals surface area contributed by atoms with Crippen molar-refractivity contribution in [2.24, 2.45) is 11.8 Å². The summed E-state index contributed by atoms with van der Waals surface area (Å²) in [5.41, 5.74) is -1.53. The minimum Gasteiger partial charge on any atom is -0.394 e. The van der Waals surface area contributed by atoms with Gasteiger partial charge in [-0.25, -0.2) is 4.39 Å². The highest BCUT2D eigenvalue weighted by Gasteiger charge is 2.44. The molecule has 0 saturated carbocycles. The van der Waals surface area contributed by atoms with Gasteiger partial charge in [0.05, 0.1) is 36.1 Å². The first-order valence-corrected chi connectivity index (χ1v) is 14.0. The van der Waals surface area contributed by atoms with Gasteiger partial charge in [-0.1, -0.05) is 6.07 Å². The Morgan fingerprint density at radius 2 is 1.82 bits per heavy atom. The molecule has 1 aromatic carbocycles. The number of aliphatic hydroxyl groups excluding tert-OH is 1. The van der Waals surface area contributed by atoms with Gasteiger partial charge in [0.15, 0.2) is 0 Å². The fraction of sp³-hybridized carbons (Fsp3) is 0.625. The molecule has 0 unspecified atom stereocenters. The predicted octanol–water partition coefficient (Wildman–Crippen LogP) is 1.40. The van der Waals surface area contributed by atoms with Gasteiger partial charge in [0.2, 0.25) is 11.8 Å². The number of nitriles is 1. The van der Waals surface area contributed by atoms with Crippen LogP contribution in [0.5, 0.6) is 0 Å². The van der Waals surface area contributed by atoms with Crippen LogP contribution in [0, 0.1) is 29.0 Å². The van der Waals surface area contributed by atoms with Gasteiger partial charge in [0.25, 0.3) is 10.2 Å². The van der Waals surface area contributed by atoms with Gasteiger partial charge in [0.1, 0.15) is 11.9 Å². The number of benzene rings is 1. The Balaban J connectivity index is 1.42. The molecule has 3 saturated heterocycles. The second kappa shape index (κ2) is 11.4. The van der Waals surface area contributed by atoms with Gasteiger partial charge in [0, 0.05) is 38.3 Å². The van der Waals surface area contributed by atoms with Crippen LogP contribution in [0.15, 0.2) is 18.2 Å². The van der Waals surface area contributed by atoms with Crippen molar-refractivity contribution in [3.8, 4) is 6.07 Å². The number of piperidine rings is 1. The van der Waals surface area contributed by atoms with Crippen LogP contribution in [0.1, 0.15) is 42.9 Å². The van der Waals surface area contributed by atoms with E-state index < -0.39 is 64.2 Å². The molecule has 3 atom stereocenters. The van der Waals surface area contributed by atoms with Crippen LogP contribution in [-0.4, -0.2) is 84.2 Å². The molecule has 1 aromatic rings. The van der Waals surface area contributed by atoms with E-state index in [1.54, 1.807) is 0 Å². The number of hydrogen-bond acceptors (Lipinski definition) is 6. The summed E-state index contributed by atoms with van der Waals surface area (Å²) in [5.74, 6) is -3.37. The average Bonchev–Trinajstić information content (AvgIpc) is 3.36. The summed E-state index contributed by atoms with van der Waals surface area (Å²) in [7, 11) is -3.82. The minimum atomic E-state index is -4.76. The summed E-state index contributed by atoms with van der Waals surface area (Å²) >= 11 is 0. The number of carbonyl (C=O) groups excluding carboxylic acids is 2. The Hall–Kier alpha value is -2.80. The lowest BCUT2D eigenvalue weighted by atomic mass is 9.97. The van der Waals surface area contributed by atoms with Crippen LogP contribution < -0.4 is 5.32 Å². The molecule has 0 radical (unpaired) electrons. The van der Waals surface area contributed by atoms with E-state index >= 15 is 0 Å². The van der Waals surface area contributed by atoms with Crippen molar-refractivity contribution in [1.29, 1.82) is 5.26 Å². The molecule has 3 fully saturated rings. The van der Waals surface area contributed by atoms with Crippen molar-refractivity contribution < 1.29 is 40.7 Å². The number of rotatable bonds is 7. The Labute approximate surface area is 223 Å². The van der Waals surface area contributed by atoms with Crippen molar-refractivity contribution in [1.82, 2.24) is 18.8 Å². The number of nitrogens with one attached hydrogen (secondary N) is 1. The SMILES string of the molecule is N#CC1CN(S(=O)(=O)N2CCC[C@H](C(=O)N3CCC[C@@H]3C(=O)N[C@@H](CO)c3ccc(C(F)(F)F)cc3F)C2)C1. The van der Waals surface area contributed by atoms with Gasteiger partial charge in [-0.15, -0.1) is 0 Å². The maximum absolute atomic E-state index is 14.5. The molecule has 3 heterocycles. The van der Waals surface area contributed by atoms with E-state index in [1.807, 2.05) is 6.07 Å². The quantitative estimate of drug-likeness (QED) is 0.472. The number of nitrogens with zero attached hydrogens (tertiary/aromatic N) is 4. The molecule has 2 N–H and O–H groups in total. The third-order valence-electron chi connectivity index (χ3n) is 7.46. The van der Waals surface area contributed by atoms with E-state index in [0.29, 0.717) is 31.4 Å². The third-order valence-corrected chi connectivity index (χ3v) is 9.39. The zero-order valence-electron chi connectivity index (χ0n) is 20.9. The molecule has 4 rings (SSSR count). The molecule has 0 spiro atoms. The monoisotopic (exact) mass is 575 g/mol. The standard InChI is InChI=1S/C24H29F4N5O5S/c25-19-9-17(24(26,27)28)5-6-18(19)20(14-34)30-22(35)21-4-2-8-33(21)23(36)16-3-1-7-31(13-16)39(37,38)32-11-15(10-29)12-32/h5-6,9,15-16,20-21,34H,1-4,7-8,11-14H2,(H,30,35)/t16-,20-,21+/m0/s1. The number of likely N-dealkylation sites (tertiary alicyclic amines) is 1. The number of hydrogen-bond donors (Lipinski definition) is 2. The largest absolute Gasteiger partial charge is 0.416 e. The average molecular weight is 576 g/mol. The number of carbonyl (C=O) groups is 2. The molecule has 214 valence electrons. The van der Waals surface area contributed by atoms with Gasteiger partial charge >= 0.3 is 6.18 Å². The summed E-state index contributed by atoms with van der Waals surface area (Å²) in [6.07, 6.45) is -3.13. The van der Waals surface area contributed by atoms with Crippen LogP contribution in [0.2, 0.25) is 0 Å². The topological polar surface area (TPSA) is 134 Å². The van der Waals surface area contributed by atoms with E-state index in [4.69, 9.17) is 5.26 Å². The summed E-state index contributed by atoms with van der Waals surface area (Å²) in [6.45, 7) is -0.153. The first-order valence-electron chi connectivity index (χ1n) is 12.6. The highest BCUT2D eigenvalue weighted by molar-refractivity contribution is 7.86. The molecule has 39 heavy (non-hydrogen) atoms. The molecule has 0 bridgehead atoms. The minimum absolute atomic E-state index is 0.0598. The molecule has 3 aliphatic rings. The molecule has 15 heteroatoms. The molecular weight excluding hydrogens is 546 g/mol. The Bertz CT molecular complexity index is 1250. The van der Waals surface area contributed by atoms with E-state index in [9.17, 15) is 40.7 Å². The Kier molecular flexibility index (Phi) is 8.50. The summed E-state index contributed by atoms with van der Waals surface area (Å²) in [6, 6.07) is 1.53. The normalized spacial score (nSPS) is 24.2. The van der Waals surface area contributed by atoms with E-state index in [1.165, 1.54) is 13.5 Å². The van der Waals surface area contributed by atoms with Crippen molar-refractivity contribution in [3.05, 3.63) is 35.1 Å². The van der Waals surface area contributed by atoms with Crippen molar-refractivity contribution in [2.75, 3.05) is 39.3 Å². The number of amides is 2. The molecule has 0 aromatic heterocycles. The van der Waals surface area contributed by atoms with Crippen molar-refractivity contribution in [3.63, 3.8) is 0 Å². The maximum atomic E-state index is 14.5. The van der Waals surface area contributed by atoms with Crippen LogP contribution in [0.4, 0.5) is 17.6 Å². The summed E-state index contributed by atoms with van der Waals surface area (Å²) in [5, 5.41) is 21.1. The lowest BCUT2D eigenvalue weighted by molar-refractivity contribution is -0.142. The summed E-state index contributed by atoms with van der Waals surface area (Å²) < 4.78 is 81.4. The smallest absolute Gasteiger partial charge is 0.394 e. The maximum Gasteiger partial charge on any atom is 0.416 e. The van der Waals surface area contributed by atoms with Gasteiger partial charge in [-0.05, 0) is 37.8 Å². The van der Waals surface area contributed by atoms with E-state index in [-0.39, 0.29) is 50.6 Å². The zero-order chi connectivity index (χ0) is 28.5. The first kappa shape index (κ1) is 29.2. The Morgan fingerprint density at radius 1 is 1.13 bits per heavy atom. The van der Waals surface area contributed by atoms with E-state index in [2.05, 4.69) is 5.32 Å². The van der Waals surface area contributed by atoms with Crippen LogP contribution in [0.3, 0.4) is 0 Å². The first-order chi connectivity index (χ1) is 18.4. The zero-order valence-corrected chi connectivity index (χ0v) is 21.7. The number of alkyl halides is 3. The van der Waals surface area contributed by atoms with Crippen molar-refractivity contribution >= 4 is 22.0 Å². The second-order valence-electron chi connectivity index (χ2n) is 10.0. The second-order valence-corrected chi connectivity index (χ2v) is 11.9. The third kappa shape index (κ3) is 6.03. The van der Waals surface area contributed by atoms with Crippen LogP contribution >= 0.6 is 0 Å². The molecule has 3 aliphatic heterocycles. The van der Waals surface area contributed by atoms with E-state index in [0.717, 1.165) is 6.07 Å². The molecule has 2 amide bonds. The fourth-order valence-electron chi connectivity index (χ4n) is 5.24. The van der Waals surface area contributed by atoms with Gasteiger partial charge < -0.3 is 15.3 Å². The highest BCUT2D eigenvalue weighted by atomic mass is 32.2. The number of halogens is 4. The van der Waals surface area contributed by atoms with Crippen molar-refractivity contribution in [2.45, 2.75) is 43.9 Å². The lowest BCUT2D eigenvalue weighted by Gasteiger charge is -2.41. The Morgan fingerprint density at radius 3 is 2.44 bits per heavy atom. The summed E-state index contributed by atoms with van der Waals surface area (Å²) in [4.78, 5) is 27.8. The van der Waals surface area contributed by atoms with Crippen LogP contribution in [0.25, 0.3) is 0 Å². The predicted molar refractivity (Wildman–Crippen MR) is 128 cm³/mol. The fourth-order valence-corrected chi connectivity index (χ4v) is 7.03. The molecule has 10 nitrogen and oxygen atoms in total. The highest BCUT2D eigenvalue weighted by Crippen LogP contribution is 2.32. The van der Waals surface area contributed by atoms with Crippen LogP contribution in [-0.2, 0) is 26.0 Å². The van der Waals surface area contributed by atoms with Gasteiger partial charge in [-0.3, -0.25) is 9.59 Å². The number of aliphatic hydroxyl groups is 1. The molecule has 0 aliphatic carbocycles.